The predicted molar refractivity (Wildman–Crippen MR) is 109 cm³/mol. The summed E-state index contributed by atoms with van der Waals surface area (Å²) in [6.45, 7) is 5.64. The zero-order chi connectivity index (χ0) is 21.0. The fourth-order valence-corrected chi connectivity index (χ4v) is 3.51. The fraction of sp³-hybridized carbons (Fsp3) is 0.391. The molecule has 29 heavy (non-hydrogen) atoms. The number of ether oxygens (including phenoxy) is 2. The Hall–Kier alpha value is -2.86. The summed E-state index contributed by atoms with van der Waals surface area (Å²) >= 11 is 0. The van der Waals surface area contributed by atoms with Crippen molar-refractivity contribution in [3.05, 3.63) is 59.7 Å². The molecular formula is C23H27NO5. The lowest BCUT2D eigenvalue weighted by molar-refractivity contribution is -0.159. The maximum Gasteiger partial charge on any atom is 0.433 e. The molecule has 1 amide bonds. The normalized spacial score (nSPS) is 12.8. The van der Waals surface area contributed by atoms with E-state index >= 15 is 0 Å². The van der Waals surface area contributed by atoms with Crippen LogP contribution in [0.3, 0.4) is 0 Å². The van der Waals surface area contributed by atoms with Crippen molar-refractivity contribution in [2.45, 2.75) is 38.7 Å². The number of hydroxylamine groups is 2. The van der Waals surface area contributed by atoms with E-state index in [9.17, 15) is 9.59 Å². The average Bonchev–Trinajstić information content (AvgIpc) is 2.99. The summed E-state index contributed by atoms with van der Waals surface area (Å²) in [5, 5.41) is 1.04. The van der Waals surface area contributed by atoms with Crippen LogP contribution in [0.4, 0.5) is 4.79 Å². The van der Waals surface area contributed by atoms with Crippen LogP contribution in [0.15, 0.2) is 48.5 Å². The van der Waals surface area contributed by atoms with Crippen molar-refractivity contribution in [1.29, 1.82) is 0 Å². The highest BCUT2D eigenvalue weighted by atomic mass is 16.7. The second-order valence-corrected chi connectivity index (χ2v) is 7.93. The molecule has 0 saturated heterocycles. The predicted octanol–water partition coefficient (Wildman–Crippen LogP) is 4.53. The van der Waals surface area contributed by atoms with E-state index in [2.05, 4.69) is 24.3 Å². The molecule has 1 aliphatic rings. The van der Waals surface area contributed by atoms with E-state index in [1.165, 1.54) is 7.11 Å². The lowest BCUT2D eigenvalue weighted by Gasteiger charge is -2.23. The molecule has 3 rings (SSSR count). The van der Waals surface area contributed by atoms with Crippen LogP contribution < -0.4 is 0 Å². The zero-order valence-corrected chi connectivity index (χ0v) is 17.3. The van der Waals surface area contributed by atoms with Crippen LogP contribution in [0.5, 0.6) is 0 Å². The van der Waals surface area contributed by atoms with Crippen LogP contribution in [-0.2, 0) is 19.1 Å². The number of hydrogen-bond acceptors (Lipinski definition) is 5. The highest BCUT2D eigenvalue weighted by Gasteiger charge is 2.30. The van der Waals surface area contributed by atoms with Gasteiger partial charge in [-0.2, -0.15) is 5.06 Å². The summed E-state index contributed by atoms with van der Waals surface area (Å²) < 4.78 is 10.8. The third-order valence-corrected chi connectivity index (χ3v) is 4.70. The minimum Gasteiger partial charge on any atom is -0.460 e. The topological polar surface area (TPSA) is 65.1 Å². The van der Waals surface area contributed by atoms with Gasteiger partial charge < -0.3 is 9.47 Å². The first-order chi connectivity index (χ1) is 13.8. The van der Waals surface area contributed by atoms with E-state index < -0.39 is 17.7 Å². The van der Waals surface area contributed by atoms with Crippen LogP contribution in [0, 0.1) is 0 Å². The van der Waals surface area contributed by atoms with Gasteiger partial charge in [-0.25, -0.2) is 4.79 Å². The quantitative estimate of drug-likeness (QED) is 0.529. The smallest absolute Gasteiger partial charge is 0.433 e. The second-order valence-electron chi connectivity index (χ2n) is 7.93. The lowest BCUT2D eigenvalue weighted by atomic mass is 9.98. The van der Waals surface area contributed by atoms with Gasteiger partial charge >= 0.3 is 12.1 Å². The molecule has 2 aromatic rings. The van der Waals surface area contributed by atoms with E-state index in [1.807, 2.05) is 24.3 Å². The van der Waals surface area contributed by atoms with Gasteiger partial charge in [-0.1, -0.05) is 48.5 Å². The van der Waals surface area contributed by atoms with E-state index in [-0.39, 0.29) is 25.5 Å². The third-order valence-electron chi connectivity index (χ3n) is 4.70. The number of carbonyl (C=O) groups is 2. The number of amides is 1. The molecule has 154 valence electrons. The Morgan fingerprint density at radius 2 is 1.52 bits per heavy atom. The number of esters is 1. The van der Waals surface area contributed by atoms with E-state index in [1.54, 1.807) is 20.8 Å². The van der Waals surface area contributed by atoms with Gasteiger partial charge in [-0.05, 0) is 43.0 Å². The lowest BCUT2D eigenvalue weighted by Crippen LogP contribution is -2.34. The van der Waals surface area contributed by atoms with Crippen molar-refractivity contribution in [2.24, 2.45) is 0 Å². The summed E-state index contributed by atoms with van der Waals surface area (Å²) in [5.74, 6) is -0.429. The molecule has 0 fully saturated rings. The Morgan fingerprint density at radius 1 is 0.966 bits per heavy atom. The molecule has 0 aromatic heterocycles. The van der Waals surface area contributed by atoms with Crippen molar-refractivity contribution in [3.63, 3.8) is 0 Å². The Bertz CT molecular complexity index is 841. The fourth-order valence-electron chi connectivity index (χ4n) is 3.51. The number of rotatable bonds is 6. The van der Waals surface area contributed by atoms with E-state index in [4.69, 9.17) is 14.3 Å². The Balaban J connectivity index is 1.62. The van der Waals surface area contributed by atoms with Crippen LogP contribution in [-0.4, -0.2) is 43.0 Å². The number of carbonyl (C=O) groups excluding carboxylic acids is 2. The molecule has 6 nitrogen and oxygen atoms in total. The summed E-state index contributed by atoms with van der Waals surface area (Å²) in [6, 6.07) is 16.3. The molecule has 0 N–H and O–H groups in total. The number of benzene rings is 2. The molecule has 0 saturated carbocycles. The molecule has 0 unspecified atom stereocenters. The summed E-state index contributed by atoms with van der Waals surface area (Å²) in [5.41, 5.74) is 4.03. The molecule has 0 bridgehead atoms. The second kappa shape index (κ2) is 8.66. The van der Waals surface area contributed by atoms with Gasteiger partial charge in [0.2, 0.25) is 0 Å². The number of hydrogen-bond donors (Lipinski definition) is 0. The van der Waals surface area contributed by atoms with Gasteiger partial charge in [0.1, 0.15) is 12.2 Å². The highest BCUT2D eigenvalue weighted by molar-refractivity contribution is 5.79. The number of fused-ring (bicyclic) bond motifs is 3. The number of nitrogens with zero attached hydrogens (tertiary/aromatic N) is 1. The molecular weight excluding hydrogens is 370 g/mol. The average molecular weight is 397 g/mol. The van der Waals surface area contributed by atoms with Gasteiger partial charge in [0.25, 0.3) is 0 Å². The minimum atomic E-state index is -0.627. The van der Waals surface area contributed by atoms with Crippen LogP contribution >= 0.6 is 0 Å². The Labute approximate surface area is 171 Å². The molecule has 0 aliphatic heterocycles. The summed E-state index contributed by atoms with van der Waals surface area (Å²) in [4.78, 5) is 29.5. The summed E-state index contributed by atoms with van der Waals surface area (Å²) in [7, 11) is 1.37. The molecule has 2 aromatic carbocycles. The zero-order valence-electron chi connectivity index (χ0n) is 17.3. The summed E-state index contributed by atoms with van der Waals surface area (Å²) in [6.07, 6.45) is -0.604. The maximum atomic E-state index is 12.5. The molecule has 0 atom stereocenters. The van der Waals surface area contributed by atoms with Crippen LogP contribution in [0.1, 0.15) is 44.2 Å². The van der Waals surface area contributed by atoms with Gasteiger partial charge in [-0.3, -0.25) is 9.63 Å². The molecule has 6 heteroatoms. The monoisotopic (exact) mass is 397 g/mol. The maximum absolute atomic E-state index is 12.5. The van der Waals surface area contributed by atoms with Gasteiger partial charge in [0.05, 0.1) is 20.1 Å². The van der Waals surface area contributed by atoms with Crippen molar-refractivity contribution in [1.82, 2.24) is 5.06 Å². The molecule has 1 aliphatic carbocycles. The largest absolute Gasteiger partial charge is 0.460 e. The molecule has 0 spiro atoms. The van der Waals surface area contributed by atoms with Crippen molar-refractivity contribution in [3.8, 4) is 11.1 Å². The highest BCUT2D eigenvalue weighted by Crippen LogP contribution is 2.44. The molecule has 0 heterocycles. The first-order valence-corrected chi connectivity index (χ1v) is 9.68. The Kier molecular flexibility index (Phi) is 6.23. The minimum absolute atomic E-state index is 0.0231. The van der Waals surface area contributed by atoms with Crippen LogP contribution in [0.25, 0.3) is 11.1 Å². The van der Waals surface area contributed by atoms with Crippen molar-refractivity contribution >= 4 is 12.1 Å². The van der Waals surface area contributed by atoms with Crippen molar-refractivity contribution < 1.29 is 23.9 Å². The first kappa shape index (κ1) is 20.9. The SMILES string of the molecule is CON(CCC(=O)OC(C)(C)C)C(=O)OCC1c2ccccc2-c2ccccc21. The van der Waals surface area contributed by atoms with Crippen LogP contribution in [0.2, 0.25) is 0 Å². The van der Waals surface area contributed by atoms with Gasteiger partial charge in [-0.15, -0.1) is 0 Å². The Morgan fingerprint density at radius 3 is 2.03 bits per heavy atom. The van der Waals surface area contributed by atoms with Gasteiger partial charge in [0.15, 0.2) is 0 Å². The standard InChI is InChI=1S/C23H27NO5/c1-23(2,3)29-21(25)13-14-24(27-4)22(26)28-15-20-18-11-7-5-9-16(18)17-10-6-8-12-19(17)20/h5-12,20H,13-15H2,1-4H3. The molecule has 0 radical (unpaired) electrons. The van der Waals surface area contributed by atoms with E-state index in [0.29, 0.717) is 0 Å². The third kappa shape index (κ3) is 4.95. The first-order valence-electron chi connectivity index (χ1n) is 9.68. The van der Waals surface area contributed by atoms with Gasteiger partial charge in [0, 0.05) is 5.92 Å². The van der Waals surface area contributed by atoms with E-state index in [0.717, 1.165) is 27.3 Å². The van der Waals surface area contributed by atoms with Crippen molar-refractivity contribution in [2.75, 3.05) is 20.3 Å².